The molecule has 4 unspecified atom stereocenters. The lowest BCUT2D eigenvalue weighted by Gasteiger charge is -2.01. The van der Waals surface area contributed by atoms with Crippen molar-refractivity contribution in [3.05, 3.63) is 72.5 Å². The molecule has 2 fully saturated rings. The Morgan fingerprint density at radius 2 is 1.46 bits per heavy atom. The molecule has 0 aliphatic carbocycles. The predicted octanol–water partition coefficient (Wildman–Crippen LogP) is 6.10. The second-order valence-electron chi connectivity index (χ2n) is 10.5. The number of hydrogen-bond donors (Lipinski definition) is 5. The second-order valence-corrected chi connectivity index (χ2v) is 10.5. The Hall–Kier alpha value is -2.77. The third kappa shape index (κ3) is 31.2. The van der Waals surface area contributed by atoms with Gasteiger partial charge in [0.05, 0.1) is 56.4 Å². The van der Waals surface area contributed by atoms with Gasteiger partial charge in [0, 0.05) is 13.2 Å². The highest BCUT2D eigenvalue weighted by Crippen LogP contribution is 2.10. The van der Waals surface area contributed by atoms with Gasteiger partial charge in [0.15, 0.2) is 12.0 Å². The first-order chi connectivity index (χ1) is 22.2. The van der Waals surface area contributed by atoms with E-state index in [1.165, 1.54) is 25.4 Å². The maximum absolute atomic E-state index is 9.77. The van der Waals surface area contributed by atoms with Crippen molar-refractivity contribution in [2.75, 3.05) is 26.4 Å². The summed E-state index contributed by atoms with van der Waals surface area (Å²) in [6.45, 7) is 11.8. The minimum Gasteiger partial charge on any atom is -0.470 e. The normalized spacial score (nSPS) is 17.2. The Morgan fingerprint density at radius 1 is 0.848 bits per heavy atom. The Balaban J connectivity index is 0. The van der Waals surface area contributed by atoms with E-state index in [1.54, 1.807) is 30.5 Å². The number of ether oxygens (including phenoxy) is 2. The molecular formula is C35H60O11. The first-order valence-electron chi connectivity index (χ1n) is 16.1. The third-order valence-electron chi connectivity index (χ3n) is 5.98. The van der Waals surface area contributed by atoms with Crippen LogP contribution in [-0.2, 0) is 16.1 Å². The van der Waals surface area contributed by atoms with Gasteiger partial charge in [-0.15, -0.1) is 0 Å². The van der Waals surface area contributed by atoms with Gasteiger partial charge in [0.25, 0.3) is 0 Å². The fraction of sp³-hybridized carbons (Fsp3) is 0.629. The van der Waals surface area contributed by atoms with Crippen LogP contribution < -0.4 is 0 Å². The quantitative estimate of drug-likeness (QED) is 0.177. The van der Waals surface area contributed by atoms with Crippen LogP contribution in [0.3, 0.4) is 0 Å². The molecular weight excluding hydrogens is 596 g/mol. The molecule has 2 aliphatic rings. The van der Waals surface area contributed by atoms with E-state index in [9.17, 15) is 4.79 Å². The molecule has 0 spiro atoms. The Bertz CT molecular complexity index is 930. The first kappa shape index (κ1) is 45.4. The van der Waals surface area contributed by atoms with E-state index in [4.69, 9.17) is 43.8 Å². The van der Waals surface area contributed by atoms with Crippen molar-refractivity contribution in [2.24, 2.45) is 0 Å². The number of aliphatic hydroxyl groups excluding tert-OH is 5. The van der Waals surface area contributed by atoms with E-state index < -0.39 is 6.10 Å². The molecule has 0 amide bonds. The van der Waals surface area contributed by atoms with Crippen LogP contribution in [0, 0.1) is 6.92 Å². The van der Waals surface area contributed by atoms with Crippen LogP contribution in [0.25, 0.3) is 0 Å². The minimum absolute atomic E-state index is 0.00694. The molecule has 3 aromatic heterocycles. The number of aldehydes is 1. The summed E-state index contributed by atoms with van der Waals surface area (Å²) >= 11 is 0. The van der Waals surface area contributed by atoms with Crippen LogP contribution in [0.5, 0.6) is 0 Å². The highest BCUT2D eigenvalue weighted by Gasteiger charge is 2.12. The molecule has 0 saturated carbocycles. The molecule has 5 heterocycles. The molecule has 0 aromatic carbocycles. The lowest BCUT2D eigenvalue weighted by molar-refractivity contribution is 0.0591. The topological polar surface area (TPSA) is 176 Å². The van der Waals surface area contributed by atoms with Crippen molar-refractivity contribution < 1.29 is 53.1 Å². The predicted molar refractivity (Wildman–Crippen MR) is 177 cm³/mol. The van der Waals surface area contributed by atoms with Crippen molar-refractivity contribution in [1.29, 1.82) is 0 Å². The fourth-order valence-corrected chi connectivity index (χ4v) is 3.49. The zero-order chi connectivity index (χ0) is 34.8. The van der Waals surface area contributed by atoms with Crippen molar-refractivity contribution in [3.63, 3.8) is 0 Å². The number of carbonyl (C=O) groups excluding carboxylic acids is 1. The number of rotatable bonds is 8. The first-order valence-corrected chi connectivity index (χ1v) is 16.1. The fourth-order valence-electron chi connectivity index (χ4n) is 3.49. The van der Waals surface area contributed by atoms with E-state index in [1.807, 2.05) is 32.9 Å². The van der Waals surface area contributed by atoms with Gasteiger partial charge in [-0.05, 0) is 95.7 Å². The summed E-state index contributed by atoms with van der Waals surface area (Å²) in [6, 6.07) is 10.5. The molecule has 5 rings (SSSR count). The summed E-state index contributed by atoms with van der Waals surface area (Å²) in [5, 5.41) is 42.1. The Kier molecular flexibility index (Phi) is 33.1. The third-order valence-corrected chi connectivity index (χ3v) is 5.98. The van der Waals surface area contributed by atoms with Gasteiger partial charge in [-0.2, -0.15) is 0 Å². The number of carbonyl (C=O) groups is 1. The van der Waals surface area contributed by atoms with Gasteiger partial charge in [-0.25, -0.2) is 0 Å². The van der Waals surface area contributed by atoms with Gasteiger partial charge < -0.3 is 48.3 Å². The van der Waals surface area contributed by atoms with Crippen LogP contribution in [0.4, 0.5) is 0 Å². The smallest absolute Gasteiger partial charge is 0.185 e. The molecule has 5 N–H and O–H groups in total. The van der Waals surface area contributed by atoms with Crippen LogP contribution in [-0.4, -0.2) is 82.7 Å². The van der Waals surface area contributed by atoms with Crippen LogP contribution >= 0.6 is 0 Å². The maximum Gasteiger partial charge on any atom is 0.185 e. The zero-order valence-electron chi connectivity index (χ0n) is 28.5. The van der Waals surface area contributed by atoms with Crippen molar-refractivity contribution in [2.45, 2.75) is 117 Å². The molecule has 46 heavy (non-hydrogen) atoms. The summed E-state index contributed by atoms with van der Waals surface area (Å²) in [6.07, 6.45) is 13.8. The van der Waals surface area contributed by atoms with E-state index in [2.05, 4.69) is 18.3 Å². The minimum atomic E-state index is -0.495. The van der Waals surface area contributed by atoms with Gasteiger partial charge in [0.2, 0.25) is 0 Å². The standard InChI is InChI=1S/C5H10O2.C5H6O2.C5H4O2.C5H12O2.C5H10O.C5H6O.C5H12O/c3*6-4-5-2-1-3-7-5;1-2-3-5(7)4-6;2*1-5-3-2-4-6-5;1-3-4-5(2)6/h5-6H,1-4H2;1-3,6H,4H2;1-4H;5-7H,2-4H2,1H3;5H,2-4H2,1H3;2-4H,1H3;5-6H,3-4H2,1-2H3. The number of aryl methyl sites for hydroxylation is 1. The Morgan fingerprint density at radius 3 is 1.65 bits per heavy atom. The van der Waals surface area contributed by atoms with Crippen LogP contribution in [0.2, 0.25) is 0 Å². The summed E-state index contributed by atoms with van der Waals surface area (Å²) in [4.78, 5) is 9.77. The lowest BCUT2D eigenvalue weighted by atomic mass is 10.2. The maximum atomic E-state index is 9.77. The number of hydrogen-bond acceptors (Lipinski definition) is 11. The van der Waals surface area contributed by atoms with Crippen molar-refractivity contribution in [3.8, 4) is 0 Å². The number of furan rings is 3. The van der Waals surface area contributed by atoms with E-state index in [0.29, 0.717) is 30.3 Å². The molecule has 3 aromatic rings. The van der Waals surface area contributed by atoms with Crippen molar-refractivity contribution in [1.82, 2.24) is 0 Å². The molecule has 11 heteroatoms. The average molecular weight is 657 g/mol. The molecule has 2 saturated heterocycles. The van der Waals surface area contributed by atoms with Gasteiger partial charge in [-0.3, -0.25) is 4.79 Å². The van der Waals surface area contributed by atoms with Crippen molar-refractivity contribution >= 4 is 6.29 Å². The second kappa shape index (κ2) is 33.6. The van der Waals surface area contributed by atoms with E-state index in [-0.39, 0.29) is 32.0 Å². The van der Waals surface area contributed by atoms with E-state index >= 15 is 0 Å². The monoisotopic (exact) mass is 656 g/mol. The highest BCUT2D eigenvalue weighted by atomic mass is 16.5. The molecule has 11 nitrogen and oxygen atoms in total. The molecule has 266 valence electrons. The lowest BCUT2D eigenvalue weighted by Crippen LogP contribution is -2.10. The summed E-state index contributed by atoms with van der Waals surface area (Å²) in [7, 11) is 0. The van der Waals surface area contributed by atoms with Gasteiger partial charge in [-0.1, -0.05) is 26.7 Å². The number of aliphatic hydroxyl groups is 5. The molecule has 0 radical (unpaired) electrons. The Labute approximate surface area is 275 Å². The summed E-state index contributed by atoms with van der Waals surface area (Å²) < 4.78 is 24.4. The summed E-state index contributed by atoms with van der Waals surface area (Å²) in [5.74, 6) is 1.95. The largest absolute Gasteiger partial charge is 0.470 e. The average Bonchev–Trinajstić information content (AvgIpc) is 3.90. The van der Waals surface area contributed by atoms with Crippen LogP contribution in [0.15, 0.2) is 68.4 Å². The van der Waals surface area contributed by atoms with Gasteiger partial charge in [0.1, 0.15) is 18.1 Å². The SMILES string of the molecule is CC1CCCO1.CCCC(C)O.CCCC(O)CO.Cc1ccco1.O=Cc1ccco1.OCC1CCCO1.OCc1ccco1. The highest BCUT2D eigenvalue weighted by molar-refractivity contribution is 5.69. The summed E-state index contributed by atoms with van der Waals surface area (Å²) in [5.41, 5.74) is 0. The zero-order valence-corrected chi connectivity index (χ0v) is 28.5. The molecule has 2 aliphatic heterocycles. The molecule has 0 bridgehead atoms. The van der Waals surface area contributed by atoms with Crippen LogP contribution in [0.1, 0.15) is 101 Å². The van der Waals surface area contributed by atoms with E-state index in [0.717, 1.165) is 51.1 Å². The van der Waals surface area contributed by atoms with Gasteiger partial charge >= 0.3 is 0 Å². The molecule has 4 atom stereocenters.